The molecule has 0 bridgehead atoms. The van der Waals surface area contributed by atoms with Crippen molar-refractivity contribution in [1.82, 2.24) is 5.32 Å². The van der Waals surface area contributed by atoms with E-state index in [1.807, 2.05) is 0 Å². The zero-order valence-electron chi connectivity index (χ0n) is 12.9. The Morgan fingerprint density at radius 1 is 1.30 bits per heavy atom. The van der Waals surface area contributed by atoms with Crippen LogP contribution in [0.4, 0.5) is 13.2 Å². The van der Waals surface area contributed by atoms with Crippen LogP contribution in [-0.2, 0) is 20.9 Å². The highest BCUT2D eigenvalue weighted by atomic mass is 19.4. The van der Waals surface area contributed by atoms with E-state index in [9.17, 15) is 22.8 Å². The number of carbonyl (C=O) groups excluding carboxylic acids is 2. The van der Waals surface area contributed by atoms with Crippen molar-refractivity contribution in [3.05, 3.63) is 23.7 Å². The van der Waals surface area contributed by atoms with E-state index in [2.05, 4.69) is 10.1 Å². The summed E-state index contributed by atoms with van der Waals surface area (Å²) < 4.78 is 51.2. The number of hydrogen-bond donors (Lipinski definition) is 1. The standard InChI is InChI=1S/C14H18F3NO5/c1-8(2)11(18-7-14(15,16)17)13(20)22-6-9-4-5-10(23-9)12(19)21-3/h4-5,8,11,18H,6-7H2,1-3H3/t11-/m1/s1. The number of nitrogens with one attached hydrogen (secondary N) is 1. The van der Waals surface area contributed by atoms with Crippen molar-refractivity contribution >= 4 is 11.9 Å². The Bertz CT molecular complexity index is 539. The lowest BCUT2D eigenvalue weighted by Gasteiger charge is -2.21. The minimum atomic E-state index is -4.43. The van der Waals surface area contributed by atoms with Crippen molar-refractivity contribution in [2.75, 3.05) is 13.7 Å². The first-order valence-corrected chi connectivity index (χ1v) is 6.78. The highest BCUT2D eigenvalue weighted by Crippen LogP contribution is 2.15. The molecule has 0 saturated heterocycles. The maximum absolute atomic E-state index is 12.2. The summed E-state index contributed by atoms with van der Waals surface area (Å²) >= 11 is 0. The Morgan fingerprint density at radius 3 is 2.48 bits per heavy atom. The van der Waals surface area contributed by atoms with Crippen LogP contribution in [0.1, 0.15) is 30.2 Å². The normalized spacial score (nSPS) is 13.0. The lowest BCUT2D eigenvalue weighted by atomic mass is 10.0. The van der Waals surface area contributed by atoms with E-state index >= 15 is 0 Å². The number of furan rings is 1. The van der Waals surface area contributed by atoms with Crippen LogP contribution >= 0.6 is 0 Å². The summed E-state index contributed by atoms with van der Waals surface area (Å²) in [5.74, 6) is -1.80. The van der Waals surface area contributed by atoms with Gasteiger partial charge in [-0.1, -0.05) is 13.8 Å². The third-order valence-corrected chi connectivity index (χ3v) is 2.85. The number of halogens is 3. The molecular weight excluding hydrogens is 319 g/mol. The Hall–Kier alpha value is -2.03. The summed E-state index contributed by atoms with van der Waals surface area (Å²) in [6, 6.07) is 1.65. The van der Waals surface area contributed by atoms with Crippen LogP contribution in [0, 0.1) is 5.92 Å². The number of esters is 2. The smallest absolute Gasteiger partial charge is 0.401 e. The van der Waals surface area contributed by atoms with Gasteiger partial charge in [0.1, 0.15) is 18.4 Å². The van der Waals surface area contributed by atoms with Gasteiger partial charge in [-0.05, 0) is 18.1 Å². The van der Waals surface area contributed by atoms with E-state index < -0.39 is 36.6 Å². The summed E-state index contributed by atoms with van der Waals surface area (Å²) in [6.07, 6.45) is -4.43. The number of rotatable bonds is 7. The van der Waals surface area contributed by atoms with Gasteiger partial charge < -0.3 is 13.9 Å². The van der Waals surface area contributed by atoms with E-state index in [0.717, 1.165) is 0 Å². The summed E-state index contributed by atoms with van der Waals surface area (Å²) in [5.41, 5.74) is 0. The van der Waals surface area contributed by atoms with Gasteiger partial charge in [0.2, 0.25) is 5.76 Å². The van der Waals surface area contributed by atoms with E-state index in [-0.39, 0.29) is 18.1 Å². The molecule has 0 aromatic carbocycles. The van der Waals surface area contributed by atoms with Gasteiger partial charge in [-0.25, -0.2) is 4.79 Å². The van der Waals surface area contributed by atoms with Crippen LogP contribution in [0.2, 0.25) is 0 Å². The predicted molar refractivity (Wildman–Crippen MR) is 72.5 cm³/mol. The minimum Gasteiger partial charge on any atom is -0.463 e. The van der Waals surface area contributed by atoms with Gasteiger partial charge in [0, 0.05) is 0 Å². The molecule has 130 valence electrons. The molecule has 1 N–H and O–H groups in total. The average Bonchev–Trinajstić information content (AvgIpc) is 2.91. The quantitative estimate of drug-likeness (QED) is 0.769. The zero-order valence-corrected chi connectivity index (χ0v) is 12.9. The molecule has 0 radical (unpaired) electrons. The number of ether oxygens (including phenoxy) is 2. The third-order valence-electron chi connectivity index (χ3n) is 2.85. The van der Waals surface area contributed by atoms with E-state index in [1.54, 1.807) is 13.8 Å². The molecule has 1 aromatic heterocycles. The Labute approximate surface area is 130 Å². The van der Waals surface area contributed by atoms with Crippen LogP contribution in [0.3, 0.4) is 0 Å². The second-order valence-electron chi connectivity index (χ2n) is 5.08. The molecule has 1 heterocycles. The zero-order chi connectivity index (χ0) is 17.6. The average molecular weight is 337 g/mol. The number of hydrogen-bond acceptors (Lipinski definition) is 6. The monoisotopic (exact) mass is 337 g/mol. The second kappa shape index (κ2) is 8.00. The highest BCUT2D eigenvalue weighted by molar-refractivity contribution is 5.86. The molecular formula is C14H18F3NO5. The largest absolute Gasteiger partial charge is 0.463 e. The Balaban J connectivity index is 2.58. The van der Waals surface area contributed by atoms with Crippen molar-refractivity contribution in [2.45, 2.75) is 32.7 Å². The molecule has 9 heteroatoms. The van der Waals surface area contributed by atoms with Gasteiger partial charge in [0.15, 0.2) is 0 Å². The molecule has 1 atom stereocenters. The summed E-state index contributed by atoms with van der Waals surface area (Å²) in [5, 5.41) is 2.12. The summed E-state index contributed by atoms with van der Waals surface area (Å²) in [6.45, 7) is 1.60. The van der Waals surface area contributed by atoms with E-state index in [0.29, 0.717) is 0 Å². The Kier molecular flexibility index (Phi) is 6.62. The van der Waals surface area contributed by atoms with Crippen molar-refractivity contribution < 1.29 is 36.7 Å². The summed E-state index contributed by atoms with van der Waals surface area (Å²) in [4.78, 5) is 23.1. The van der Waals surface area contributed by atoms with Gasteiger partial charge in [-0.3, -0.25) is 10.1 Å². The molecule has 1 aromatic rings. The molecule has 23 heavy (non-hydrogen) atoms. The van der Waals surface area contributed by atoms with Gasteiger partial charge >= 0.3 is 18.1 Å². The van der Waals surface area contributed by atoms with Gasteiger partial charge in [-0.2, -0.15) is 13.2 Å². The first-order valence-electron chi connectivity index (χ1n) is 6.78. The van der Waals surface area contributed by atoms with Gasteiger partial charge in [0.05, 0.1) is 13.7 Å². The molecule has 0 aliphatic rings. The SMILES string of the molecule is COC(=O)c1ccc(COC(=O)[C@H](NCC(F)(F)F)C(C)C)o1. The van der Waals surface area contributed by atoms with Crippen LogP contribution in [0.15, 0.2) is 16.5 Å². The lowest BCUT2D eigenvalue weighted by Crippen LogP contribution is -2.46. The first-order chi connectivity index (χ1) is 10.6. The summed E-state index contributed by atoms with van der Waals surface area (Å²) in [7, 11) is 1.18. The molecule has 0 aliphatic heterocycles. The molecule has 0 aliphatic carbocycles. The van der Waals surface area contributed by atoms with Crippen molar-refractivity contribution in [2.24, 2.45) is 5.92 Å². The molecule has 0 saturated carbocycles. The second-order valence-corrected chi connectivity index (χ2v) is 5.08. The maximum Gasteiger partial charge on any atom is 0.401 e. The highest BCUT2D eigenvalue weighted by Gasteiger charge is 2.32. The maximum atomic E-state index is 12.2. The molecule has 6 nitrogen and oxygen atoms in total. The Morgan fingerprint density at radius 2 is 1.96 bits per heavy atom. The molecule has 0 unspecified atom stereocenters. The molecule has 0 amide bonds. The van der Waals surface area contributed by atoms with Crippen molar-refractivity contribution in [3.8, 4) is 0 Å². The fourth-order valence-electron chi connectivity index (χ4n) is 1.71. The number of alkyl halides is 3. The fraction of sp³-hybridized carbons (Fsp3) is 0.571. The topological polar surface area (TPSA) is 77.8 Å². The minimum absolute atomic E-state index is 0.0610. The van der Waals surface area contributed by atoms with Gasteiger partial charge in [0.25, 0.3) is 0 Å². The molecule has 0 spiro atoms. The third kappa shape index (κ3) is 6.31. The number of methoxy groups -OCH3 is 1. The predicted octanol–water partition coefficient (Wildman–Crippen LogP) is 2.29. The van der Waals surface area contributed by atoms with Crippen LogP contribution < -0.4 is 5.32 Å². The lowest BCUT2D eigenvalue weighted by molar-refractivity contribution is -0.152. The van der Waals surface area contributed by atoms with Crippen LogP contribution in [0.25, 0.3) is 0 Å². The van der Waals surface area contributed by atoms with Crippen molar-refractivity contribution in [3.63, 3.8) is 0 Å². The van der Waals surface area contributed by atoms with Crippen LogP contribution in [-0.4, -0.2) is 37.8 Å². The number of carbonyl (C=O) groups is 2. The van der Waals surface area contributed by atoms with Gasteiger partial charge in [-0.15, -0.1) is 0 Å². The van der Waals surface area contributed by atoms with E-state index in [4.69, 9.17) is 9.15 Å². The fourth-order valence-corrected chi connectivity index (χ4v) is 1.71. The first kappa shape index (κ1) is 19.0. The molecule has 1 rings (SSSR count). The van der Waals surface area contributed by atoms with E-state index in [1.165, 1.54) is 19.2 Å². The molecule has 0 fully saturated rings. The van der Waals surface area contributed by atoms with Crippen molar-refractivity contribution in [1.29, 1.82) is 0 Å². The van der Waals surface area contributed by atoms with Crippen LogP contribution in [0.5, 0.6) is 0 Å².